The molecule has 1 unspecified atom stereocenters. The third-order valence-corrected chi connectivity index (χ3v) is 3.85. The number of hydrogen-bond acceptors (Lipinski definition) is 2. The zero-order chi connectivity index (χ0) is 15.4. The Hall–Kier alpha value is -2.55. The number of carbonyl (C=O) groups excluding carboxylic acids is 1. The number of carbonyl (C=O) groups is 1. The summed E-state index contributed by atoms with van der Waals surface area (Å²) < 4.78 is 5.10. The van der Waals surface area contributed by atoms with Gasteiger partial charge in [-0.25, -0.2) is 0 Å². The van der Waals surface area contributed by atoms with E-state index in [0.29, 0.717) is 18.3 Å². The number of allylic oxidation sites excluding steroid dienone is 3. The van der Waals surface area contributed by atoms with Gasteiger partial charge in [0.05, 0.1) is 0 Å². The van der Waals surface area contributed by atoms with Crippen molar-refractivity contribution < 1.29 is 9.53 Å². The van der Waals surface area contributed by atoms with Crippen molar-refractivity contribution in [3.05, 3.63) is 84.4 Å². The summed E-state index contributed by atoms with van der Waals surface area (Å²) in [6.45, 7) is 1.70. The van der Waals surface area contributed by atoms with Gasteiger partial charge in [-0.3, -0.25) is 4.79 Å². The highest BCUT2D eigenvalue weighted by Gasteiger charge is 2.25. The summed E-state index contributed by atoms with van der Waals surface area (Å²) >= 11 is 0. The number of ether oxygens (including phenoxy) is 1. The molecule has 1 heterocycles. The van der Waals surface area contributed by atoms with E-state index in [4.69, 9.17) is 4.74 Å². The fourth-order valence-corrected chi connectivity index (χ4v) is 2.84. The molecule has 22 heavy (non-hydrogen) atoms. The first-order valence-electron chi connectivity index (χ1n) is 7.42. The number of benzene rings is 2. The average Bonchev–Trinajstić information content (AvgIpc) is 2.56. The van der Waals surface area contributed by atoms with Gasteiger partial charge in [-0.1, -0.05) is 66.2 Å². The molecule has 2 nitrogen and oxygen atoms in total. The molecule has 2 aromatic carbocycles. The Bertz CT molecular complexity index is 702. The largest absolute Gasteiger partial charge is 0.427 e. The fourth-order valence-electron chi connectivity index (χ4n) is 2.84. The molecule has 0 aliphatic carbocycles. The van der Waals surface area contributed by atoms with Crippen molar-refractivity contribution in [2.75, 3.05) is 0 Å². The van der Waals surface area contributed by atoms with Crippen molar-refractivity contribution in [1.82, 2.24) is 0 Å². The minimum absolute atomic E-state index is 0.291. The second-order valence-electron chi connectivity index (χ2n) is 5.39. The van der Waals surface area contributed by atoms with Crippen LogP contribution < -0.4 is 10.2 Å². The van der Waals surface area contributed by atoms with Gasteiger partial charge in [-0.15, -0.1) is 5.98 Å². The van der Waals surface area contributed by atoms with E-state index in [0.717, 1.165) is 0 Å². The zero-order valence-electron chi connectivity index (χ0n) is 12.5. The molecule has 0 spiro atoms. The van der Waals surface area contributed by atoms with E-state index in [1.165, 1.54) is 17.9 Å². The molecule has 1 atom stereocenters. The summed E-state index contributed by atoms with van der Waals surface area (Å²) in [5.41, 5.74) is 2.52. The van der Waals surface area contributed by atoms with Gasteiger partial charge in [-0.05, 0) is 23.5 Å². The molecule has 108 valence electrons. The third kappa shape index (κ3) is 3.20. The standard InChI is InChI=1S/C19H17BO2/c1-15(21)22-18-12-10-17(11-13-18)20-14-6-5-9-19(20)16-7-3-2-4-8-16/h2-14,19H,1H3. The van der Waals surface area contributed by atoms with Gasteiger partial charge in [-0.2, -0.15) is 0 Å². The Morgan fingerprint density at radius 3 is 2.41 bits per heavy atom. The summed E-state index contributed by atoms with van der Waals surface area (Å²) in [5.74, 6) is 2.84. The normalized spacial score (nSPS) is 16.6. The van der Waals surface area contributed by atoms with Crippen molar-refractivity contribution in [3.63, 3.8) is 0 Å². The first kappa shape index (κ1) is 14.4. The SMILES string of the molecule is CC(=O)Oc1ccc(B2C=CC=CC2c2ccccc2)cc1. The quantitative estimate of drug-likeness (QED) is 0.492. The molecular weight excluding hydrogens is 271 g/mol. The molecule has 3 rings (SSSR count). The first-order chi connectivity index (χ1) is 10.7. The number of rotatable bonds is 3. The molecule has 0 amide bonds. The minimum Gasteiger partial charge on any atom is -0.427 e. The molecule has 1 aliphatic heterocycles. The topological polar surface area (TPSA) is 26.3 Å². The van der Waals surface area contributed by atoms with E-state index < -0.39 is 0 Å². The highest BCUT2D eigenvalue weighted by molar-refractivity contribution is 6.79. The van der Waals surface area contributed by atoms with Crippen LogP contribution in [0, 0.1) is 0 Å². The average molecular weight is 288 g/mol. The Morgan fingerprint density at radius 1 is 1.00 bits per heavy atom. The van der Waals surface area contributed by atoms with Crippen LogP contribution in [0.25, 0.3) is 0 Å². The molecule has 0 fully saturated rings. The van der Waals surface area contributed by atoms with Crippen molar-refractivity contribution in [2.24, 2.45) is 0 Å². The second kappa shape index (κ2) is 6.48. The minimum atomic E-state index is -0.296. The molecule has 0 radical (unpaired) electrons. The van der Waals surface area contributed by atoms with E-state index in [9.17, 15) is 4.79 Å². The maximum atomic E-state index is 11.0. The molecule has 0 bridgehead atoms. The van der Waals surface area contributed by atoms with Gasteiger partial charge in [0.2, 0.25) is 6.71 Å². The van der Waals surface area contributed by atoms with E-state index in [1.54, 1.807) is 0 Å². The summed E-state index contributed by atoms with van der Waals surface area (Å²) in [6.07, 6.45) is 6.42. The van der Waals surface area contributed by atoms with E-state index in [1.807, 2.05) is 30.3 Å². The first-order valence-corrected chi connectivity index (χ1v) is 7.42. The van der Waals surface area contributed by atoms with Crippen molar-refractivity contribution in [3.8, 4) is 5.75 Å². The van der Waals surface area contributed by atoms with E-state index in [2.05, 4.69) is 48.5 Å². The Morgan fingerprint density at radius 2 is 1.73 bits per heavy atom. The van der Waals surface area contributed by atoms with Crippen LogP contribution in [0.3, 0.4) is 0 Å². The molecule has 2 aromatic rings. The summed E-state index contributed by atoms with van der Waals surface area (Å²) in [4.78, 5) is 11.0. The van der Waals surface area contributed by atoms with Gasteiger partial charge >= 0.3 is 5.97 Å². The number of hydrogen-bond donors (Lipinski definition) is 0. The van der Waals surface area contributed by atoms with E-state index >= 15 is 0 Å². The lowest BCUT2D eigenvalue weighted by molar-refractivity contribution is -0.131. The van der Waals surface area contributed by atoms with Gasteiger partial charge in [0.15, 0.2) is 0 Å². The maximum Gasteiger partial charge on any atom is 0.308 e. The van der Waals surface area contributed by atoms with Crippen molar-refractivity contribution in [1.29, 1.82) is 0 Å². The van der Waals surface area contributed by atoms with Gasteiger partial charge in [0.1, 0.15) is 5.75 Å². The van der Waals surface area contributed by atoms with Crippen LogP contribution in [0.15, 0.2) is 78.8 Å². The second-order valence-corrected chi connectivity index (χ2v) is 5.39. The van der Waals surface area contributed by atoms with Gasteiger partial charge in [0.25, 0.3) is 0 Å². The predicted molar refractivity (Wildman–Crippen MR) is 90.6 cm³/mol. The van der Waals surface area contributed by atoms with Crippen LogP contribution in [0.5, 0.6) is 5.75 Å². The molecule has 0 N–H and O–H groups in total. The summed E-state index contributed by atoms with van der Waals surface area (Å²) in [6, 6.07) is 18.3. The number of esters is 1. The van der Waals surface area contributed by atoms with Crippen LogP contribution in [0.2, 0.25) is 0 Å². The smallest absolute Gasteiger partial charge is 0.308 e. The van der Waals surface area contributed by atoms with Crippen LogP contribution >= 0.6 is 0 Å². The monoisotopic (exact) mass is 288 g/mol. The van der Waals surface area contributed by atoms with Crippen LogP contribution in [0.1, 0.15) is 18.3 Å². The summed E-state index contributed by atoms with van der Waals surface area (Å²) in [5, 5.41) is 0. The Labute approximate surface area is 131 Å². The van der Waals surface area contributed by atoms with Gasteiger partial charge < -0.3 is 4.74 Å². The molecular formula is C19H17BO2. The molecule has 0 aromatic heterocycles. The Balaban J connectivity index is 1.87. The molecule has 0 saturated heterocycles. The molecule has 3 heteroatoms. The lowest BCUT2D eigenvalue weighted by Gasteiger charge is -2.22. The van der Waals surface area contributed by atoms with Crippen LogP contribution in [-0.2, 0) is 4.79 Å². The van der Waals surface area contributed by atoms with Crippen molar-refractivity contribution >= 4 is 18.1 Å². The highest BCUT2D eigenvalue weighted by atomic mass is 16.5. The third-order valence-electron chi connectivity index (χ3n) is 3.85. The molecule has 0 saturated carbocycles. The lowest BCUT2D eigenvalue weighted by Crippen LogP contribution is -2.35. The lowest BCUT2D eigenvalue weighted by atomic mass is 9.35. The summed E-state index contributed by atoms with van der Waals surface area (Å²) in [7, 11) is 0. The Kier molecular flexibility index (Phi) is 4.24. The van der Waals surface area contributed by atoms with Crippen molar-refractivity contribution in [2.45, 2.75) is 12.7 Å². The fraction of sp³-hybridized carbons (Fsp3) is 0.105. The zero-order valence-corrected chi connectivity index (χ0v) is 12.5. The molecule has 1 aliphatic rings. The van der Waals surface area contributed by atoms with E-state index in [-0.39, 0.29) is 5.97 Å². The predicted octanol–water partition coefficient (Wildman–Crippen LogP) is 3.30. The van der Waals surface area contributed by atoms with Gasteiger partial charge in [0, 0.05) is 6.92 Å². The van der Waals surface area contributed by atoms with Crippen LogP contribution in [-0.4, -0.2) is 12.7 Å². The van der Waals surface area contributed by atoms with Crippen LogP contribution in [0.4, 0.5) is 0 Å². The highest BCUT2D eigenvalue weighted by Crippen LogP contribution is 2.24. The maximum absolute atomic E-state index is 11.0.